The molecule has 0 aromatic rings. The molecule has 0 aliphatic carbocycles. The van der Waals surface area contributed by atoms with E-state index in [-0.39, 0.29) is 17.9 Å². The van der Waals surface area contributed by atoms with Crippen LogP contribution in [0.1, 0.15) is 34.1 Å². The Balaban J connectivity index is 2.99. The average molecular weight is 259 g/mol. The summed E-state index contributed by atoms with van der Waals surface area (Å²) in [5, 5.41) is 2.74. The minimum absolute atomic E-state index is 0.0753. The van der Waals surface area contributed by atoms with Crippen LogP contribution in [0.5, 0.6) is 0 Å². The fourth-order valence-electron chi connectivity index (χ4n) is 1.92. The lowest BCUT2D eigenvalue weighted by molar-refractivity contribution is -0.138. The van der Waals surface area contributed by atoms with Crippen LogP contribution in [-0.4, -0.2) is 34.8 Å². The van der Waals surface area contributed by atoms with Gasteiger partial charge in [0.05, 0.1) is 0 Å². The monoisotopic (exact) mass is 258 g/mol. The van der Waals surface area contributed by atoms with Crippen LogP contribution in [0.15, 0.2) is 11.1 Å². The van der Waals surface area contributed by atoms with Gasteiger partial charge in [-0.25, -0.2) is 0 Å². The first-order valence-electron chi connectivity index (χ1n) is 5.66. The minimum atomic E-state index is -0.853. The molecule has 0 bridgehead atoms. The molecule has 0 radical (unpaired) electrons. The smallest absolute Gasteiger partial charge is 0.248 e. The highest BCUT2D eigenvalue weighted by atomic mass is 35.5. The first-order chi connectivity index (χ1) is 7.77. The minimum Gasteiger partial charge on any atom is -0.342 e. The molecule has 1 atom stereocenters. The highest BCUT2D eigenvalue weighted by Gasteiger charge is 2.39. The summed E-state index contributed by atoms with van der Waals surface area (Å²) in [6.07, 6.45) is 0.324. The molecule has 0 saturated carbocycles. The van der Waals surface area contributed by atoms with Gasteiger partial charge in [-0.15, -0.1) is 0 Å². The van der Waals surface area contributed by atoms with Gasteiger partial charge >= 0.3 is 0 Å². The maximum Gasteiger partial charge on any atom is 0.248 e. The summed E-state index contributed by atoms with van der Waals surface area (Å²) in [6, 6.07) is -0.115. The largest absolute Gasteiger partial charge is 0.342 e. The number of carbonyl (C=O) groups excluding carboxylic acids is 2. The molecule has 17 heavy (non-hydrogen) atoms. The van der Waals surface area contributed by atoms with Crippen LogP contribution in [0.2, 0.25) is 0 Å². The Bertz CT molecular complexity index is 364. The second kappa shape index (κ2) is 5.08. The number of nitrogens with one attached hydrogen (secondary N) is 1. The van der Waals surface area contributed by atoms with Gasteiger partial charge in [0.1, 0.15) is 5.54 Å². The molecule has 1 unspecified atom stereocenters. The van der Waals surface area contributed by atoms with Crippen LogP contribution in [0.25, 0.3) is 0 Å². The lowest BCUT2D eigenvalue weighted by atomic mass is 10.0. The number of hydrogen-bond acceptors (Lipinski definition) is 2. The first kappa shape index (κ1) is 14.0. The van der Waals surface area contributed by atoms with E-state index in [9.17, 15) is 9.59 Å². The van der Waals surface area contributed by atoms with Crippen molar-refractivity contribution in [1.82, 2.24) is 10.2 Å². The summed E-state index contributed by atoms with van der Waals surface area (Å²) >= 11 is 5.62. The third-order valence-corrected chi connectivity index (χ3v) is 3.24. The maximum absolute atomic E-state index is 12.3. The third-order valence-electron chi connectivity index (χ3n) is 2.87. The van der Waals surface area contributed by atoms with Crippen LogP contribution in [0, 0.1) is 0 Å². The molecule has 1 aliphatic rings. The van der Waals surface area contributed by atoms with E-state index >= 15 is 0 Å². The molecule has 0 aromatic heterocycles. The van der Waals surface area contributed by atoms with Crippen molar-refractivity contribution in [3.05, 3.63) is 11.1 Å². The number of halogens is 1. The number of carbonyl (C=O) groups is 2. The van der Waals surface area contributed by atoms with Crippen molar-refractivity contribution in [2.45, 2.75) is 45.7 Å². The Morgan fingerprint density at radius 1 is 1.59 bits per heavy atom. The summed E-state index contributed by atoms with van der Waals surface area (Å²) in [5.74, 6) is -0.167. The van der Waals surface area contributed by atoms with Crippen molar-refractivity contribution in [2.24, 2.45) is 0 Å². The summed E-state index contributed by atoms with van der Waals surface area (Å²) < 4.78 is 0. The summed E-state index contributed by atoms with van der Waals surface area (Å²) in [5.41, 5.74) is 1.51. The predicted molar refractivity (Wildman–Crippen MR) is 67.6 cm³/mol. The second-order valence-electron chi connectivity index (χ2n) is 5.11. The molecule has 5 heteroatoms. The van der Waals surface area contributed by atoms with E-state index in [2.05, 4.69) is 5.32 Å². The molecular weight excluding hydrogens is 240 g/mol. The number of nitrogens with zero attached hydrogens (tertiary/aromatic N) is 1. The molecule has 0 spiro atoms. The van der Waals surface area contributed by atoms with Gasteiger partial charge in [0.25, 0.3) is 0 Å². The highest BCUT2D eigenvalue weighted by molar-refractivity contribution is 6.25. The standard InChI is InChI=1S/C12H19ClN2O2/c1-8(6-13)7-15-9(2)5-10(16)14-12(3,4)11(15)17/h6,9H,5,7H2,1-4H3,(H,14,16). The van der Waals surface area contributed by atoms with Gasteiger partial charge < -0.3 is 10.2 Å². The number of rotatable bonds is 2. The number of hydrogen-bond donors (Lipinski definition) is 1. The molecule has 4 nitrogen and oxygen atoms in total. The zero-order chi connectivity index (χ0) is 13.2. The van der Waals surface area contributed by atoms with Gasteiger partial charge in [-0.05, 0) is 33.3 Å². The van der Waals surface area contributed by atoms with Crippen LogP contribution in [0.4, 0.5) is 0 Å². The van der Waals surface area contributed by atoms with Crippen molar-refractivity contribution >= 4 is 23.4 Å². The second-order valence-corrected chi connectivity index (χ2v) is 5.33. The van der Waals surface area contributed by atoms with E-state index in [0.29, 0.717) is 13.0 Å². The summed E-state index contributed by atoms with van der Waals surface area (Å²) in [6.45, 7) is 7.64. The SMILES string of the molecule is CC(=CCl)CN1C(=O)C(C)(C)NC(=O)CC1C. The van der Waals surface area contributed by atoms with Crippen LogP contribution < -0.4 is 5.32 Å². The zero-order valence-corrected chi connectivity index (χ0v) is 11.5. The summed E-state index contributed by atoms with van der Waals surface area (Å²) in [7, 11) is 0. The highest BCUT2D eigenvalue weighted by Crippen LogP contribution is 2.19. The molecule has 0 aromatic carbocycles. The van der Waals surface area contributed by atoms with E-state index in [0.717, 1.165) is 5.57 Å². The van der Waals surface area contributed by atoms with Crippen molar-refractivity contribution < 1.29 is 9.59 Å². The van der Waals surface area contributed by atoms with Gasteiger partial charge in [0.2, 0.25) is 11.8 Å². The summed E-state index contributed by atoms with van der Waals surface area (Å²) in [4.78, 5) is 25.6. The molecule has 1 heterocycles. The van der Waals surface area contributed by atoms with E-state index < -0.39 is 5.54 Å². The normalized spacial score (nSPS) is 25.6. The van der Waals surface area contributed by atoms with E-state index in [1.807, 2.05) is 13.8 Å². The third kappa shape index (κ3) is 3.22. The van der Waals surface area contributed by atoms with Crippen molar-refractivity contribution in [3.63, 3.8) is 0 Å². The fraction of sp³-hybridized carbons (Fsp3) is 0.667. The Morgan fingerprint density at radius 3 is 2.71 bits per heavy atom. The van der Waals surface area contributed by atoms with Crippen LogP contribution in [0.3, 0.4) is 0 Å². The van der Waals surface area contributed by atoms with Crippen LogP contribution in [-0.2, 0) is 9.59 Å². The first-order valence-corrected chi connectivity index (χ1v) is 6.09. The lowest BCUT2D eigenvalue weighted by Gasteiger charge is -2.32. The molecule has 1 saturated heterocycles. The van der Waals surface area contributed by atoms with Gasteiger partial charge in [0, 0.05) is 24.5 Å². The molecule has 1 aliphatic heterocycles. The Kier molecular flexibility index (Phi) is 4.20. The van der Waals surface area contributed by atoms with Gasteiger partial charge in [-0.1, -0.05) is 11.6 Å². The van der Waals surface area contributed by atoms with Crippen molar-refractivity contribution in [2.75, 3.05) is 6.54 Å². The molecule has 2 amide bonds. The van der Waals surface area contributed by atoms with Crippen molar-refractivity contribution in [1.29, 1.82) is 0 Å². The maximum atomic E-state index is 12.3. The molecule has 1 rings (SSSR count). The molecule has 96 valence electrons. The average Bonchev–Trinajstić information content (AvgIpc) is 2.28. The Hall–Kier alpha value is -1.03. The zero-order valence-electron chi connectivity index (χ0n) is 10.7. The Morgan fingerprint density at radius 2 is 2.18 bits per heavy atom. The van der Waals surface area contributed by atoms with Crippen LogP contribution >= 0.6 is 11.6 Å². The van der Waals surface area contributed by atoms with E-state index in [4.69, 9.17) is 11.6 Å². The predicted octanol–water partition coefficient (Wildman–Crippen LogP) is 1.64. The topological polar surface area (TPSA) is 49.4 Å². The lowest BCUT2D eigenvalue weighted by Crippen LogP contribution is -2.54. The van der Waals surface area contributed by atoms with E-state index in [1.54, 1.807) is 18.7 Å². The van der Waals surface area contributed by atoms with E-state index in [1.165, 1.54) is 5.54 Å². The van der Waals surface area contributed by atoms with Crippen molar-refractivity contribution in [3.8, 4) is 0 Å². The quantitative estimate of drug-likeness (QED) is 0.819. The molecule has 1 fully saturated rings. The van der Waals surface area contributed by atoms with Gasteiger partial charge in [-0.3, -0.25) is 9.59 Å². The molecular formula is C12H19ClN2O2. The fourth-order valence-corrected chi connectivity index (χ4v) is 1.99. The van der Waals surface area contributed by atoms with Gasteiger partial charge in [-0.2, -0.15) is 0 Å². The Labute approximate surface area is 107 Å². The number of amides is 2. The molecule has 1 N–H and O–H groups in total. The van der Waals surface area contributed by atoms with Gasteiger partial charge in [0.15, 0.2) is 0 Å².